The maximum atomic E-state index is 12.6. The van der Waals surface area contributed by atoms with Crippen LogP contribution in [0.5, 0.6) is 0 Å². The maximum absolute atomic E-state index is 12.6. The van der Waals surface area contributed by atoms with E-state index in [9.17, 15) is 24.6 Å². The molecule has 0 aromatic carbocycles. The van der Waals surface area contributed by atoms with Crippen LogP contribution in [0.25, 0.3) is 0 Å². The Hall–Kier alpha value is -1.26. The van der Waals surface area contributed by atoms with Crippen molar-refractivity contribution in [1.82, 2.24) is 0 Å². The van der Waals surface area contributed by atoms with Gasteiger partial charge < -0.3 is 19.7 Å². The molecule has 0 saturated carbocycles. The standard InChI is InChI=1S/C23H35IO7/c1-4-5-6-8-17(31-15(2)25)12-11-16-13-19(24)23(29)18(16)14-21(27)20(26)9-7-10-22(28)30-3/h11-13,16-18,20-21,26-27H,4-10,14H2,1-3H3/b12-11+/t16-,17-,18+,20?,21?/m0/s1. The van der Waals surface area contributed by atoms with E-state index in [2.05, 4.69) is 11.7 Å². The van der Waals surface area contributed by atoms with Crippen molar-refractivity contribution in [2.75, 3.05) is 7.11 Å². The zero-order valence-electron chi connectivity index (χ0n) is 18.6. The van der Waals surface area contributed by atoms with Gasteiger partial charge >= 0.3 is 11.9 Å². The molecule has 2 N–H and O–H groups in total. The lowest BCUT2D eigenvalue weighted by Gasteiger charge is -2.23. The lowest BCUT2D eigenvalue weighted by molar-refractivity contribution is -0.144. The minimum atomic E-state index is -1.08. The van der Waals surface area contributed by atoms with Gasteiger partial charge in [-0.15, -0.1) is 0 Å². The molecule has 0 spiro atoms. The van der Waals surface area contributed by atoms with Gasteiger partial charge in [0.2, 0.25) is 0 Å². The predicted molar refractivity (Wildman–Crippen MR) is 125 cm³/mol. The molecule has 8 heteroatoms. The summed E-state index contributed by atoms with van der Waals surface area (Å²) in [5.41, 5.74) is 0. The van der Waals surface area contributed by atoms with Crippen molar-refractivity contribution in [2.24, 2.45) is 11.8 Å². The van der Waals surface area contributed by atoms with Crippen molar-refractivity contribution in [2.45, 2.75) is 83.5 Å². The van der Waals surface area contributed by atoms with Crippen LogP contribution in [0, 0.1) is 11.8 Å². The van der Waals surface area contributed by atoms with Crippen LogP contribution in [0.3, 0.4) is 0 Å². The molecule has 5 atom stereocenters. The minimum Gasteiger partial charge on any atom is -0.469 e. The van der Waals surface area contributed by atoms with Crippen molar-refractivity contribution in [1.29, 1.82) is 0 Å². The average Bonchev–Trinajstić information content (AvgIpc) is 2.98. The zero-order chi connectivity index (χ0) is 23.4. The van der Waals surface area contributed by atoms with Crippen molar-refractivity contribution in [3.63, 3.8) is 0 Å². The molecule has 1 rings (SSSR count). The summed E-state index contributed by atoms with van der Waals surface area (Å²) >= 11 is 1.99. The van der Waals surface area contributed by atoms with E-state index in [-0.39, 0.29) is 49.0 Å². The summed E-state index contributed by atoms with van der Waals surface area (Å²) in [5, 5.41) is 20.7. The molecular weight excluding hydrogens is 515 g/mol. The Morgan fingerprint density at radius 1 is 1.19 bits per heavy atom. The van der Waals surface area contributed by atoms with Crippen molar-refractivity contribution >= 4 is 40.3 Å². The number of hydrogen-bond acceptors (Lipinski definition) is 7. The van der Waals surface area contributed by atoms with E-state index in [4.69, 9.17) is 4.74 Å². The average molecular weight is 550 g/mol. The third kappa shape index (κ3) is 10.3. The Morgan fingerprint density at radius 2 is 1.90 bits per heavy atom. The first-order valence-electron chi connectivity index (χ1n) is 10.9. The predicted octanol–water partition coefficient (Wildman–Crippen LogP) is 3.64. The van der Waals surface area contributed by atoms with Crippen molar-refractivity contribution in [3.05, 3.63) is 21.8 Å². The molecule has 0 fully saturated rings. The van der Waals surface area contributed by atoms with E-state index in [1.165, 1.54) is 14.0 Å². The number of esters is 2. The van der Waals surface area contributed by atoms with Gasteiger partial charge in [-0.1, -0.05) is 31.9 Å². The summed E-state index contributed by atoms with van der Waals surface area (Å²) in [6, 6.07) is 0. The number of ketones is 1. The molecule has 0 bridgehead atoms. The Balaban J connectivity index is 2.73. The van der Waals surface area contributed by atoms with Gasteiger partial charge in [0.1, 0.15) is 6.10 Å². The number of unbranched alkanes of at least 4 members (excludes halogenated alkanes) is 2. The molecule has 0 radical (unpaired) electrons. The summed E-state index contributed by atoms with van der Waals surface area (Å²) in [6.07, 6.45) is 7.79. The highest BCUT2D eigenvalue weighted by Crippen LogP contribution is 2.36. The second kappa shape index (κ2) is 14.7. The van der Waals surface area contributed by atoms with E-state index in [0.29, 0.717) is 10.0 Å². The molecule has 2 unspecified atom stereocenters. The summed E-state index contributed by atoms with van der Waals surface area (Å²) < 4.78 is 10.5. The number of methoxy groups -OCH3 is 1. The summed E-state index contributed by atoms with van der Waals surface area (Å²) in [4.78, 5) is 35.2. The topological polar surface area (TPSA) is 110 Å². The van der Waals surface area contributed by atoms with E-state index in [0.717, 1.165) is 25.7 Å². The highest BCUT2D eigenvalue weighted by molar-refractivity contribution is 14.1. The maximum Gasteiger partial charge on any atom is 0.305 e. The second-order valence-corrected chi connectivity index (χ2v) is 9.09. The van der Waals surface area contributed by atoms with Gasteiger partial charge in [0.05, 0.1) is 22.9 Å². The van der Waals surface area contributed by atoms with E-state index in [1.807, 2.05) is 40.8 Å². The van der Waals surface area contributed by atoms with E-state index in [1.54, 1.807) is 0 Å². The molecule has 31 heavy (non-hydrogen) atoms. The van der Waals surface area contributed by atoms with Gasteiger partial charge in [-0.25, -0.2) is 0 Å². The van der Waals surface area contributed by atoms with Gasteiger partial charge in [0.25, 0.3) is 0 Å². The Labute approximate surface area is 198 Å². The third-order valence-electron chi connectivity index (χ3n) is 5.38. The van der Waals surface area contributed by atoms with Gasteiger partial charge in [0.15, 0.2) is 5.78 Å². The first-order chi connectivity index (χ1) is 14.7. The monoisotopic (exact) mass is 550 g/mol. The van der Waals surface area contributed by atoms with Gasteiger partial charge in [-0.05, 0) is 60.8 Å². The smallest absolute Gasteiger partial charge is 0.305 e. The molecule has 0 aromatic heterocycles. The molecule has 1 aliphatic rings. The number of carbonyl (C=O) groups excluding carboxylic acids is 3. The third-order valence-corrected chi connectivity index (χ3v) is 6.27. The van der Waals surface area contributed by atoms with Crippen LogP contribution in [0.1, 0.15) is 65.2 Å². The number of Topliss-reactive ketones (excluding diaryl/α,β-unsaturated/α-hetero) is 1. The molecular formula is C23H35IO7. The largest absolute Gasteiger partial charge is 0.469 e. The number of aliphatic hydroxyl groups is 2. The summed E-state index contributed by atoms with van der Waals surface area (Å²) in [5.74, 6) is -1.49. The van der Waals surface area contributed by atoms with Gasteiger partial charge in [-0.3, -0.25) is 14.4 Å². The number of allylic oxidation sites excluding steroid dienone is 3. The van der Waals surface area contributed by atoms with Crippen LogP contribution >= 0.6 is 22.6 Å². The lowest BCUT2D eigenvalue weighted by Crippen LogP contribution is -2.31. The molecule has 0 heterocycles. The number of halogens is 1. The highest BCUT2D eigenvalue weighted by atomic mass is 127. The van der Waals surface area contributed by atoms with E-state index < -0.39 is 18.1 Å². The van der Waals surface area contributed by atoms with Crippen LogP contribution in [0.15, 0.2) is 21.8 Å². The number of hydrogen-bond donors (Lipinski definition) is 2. The number of carbonyl (C=O) groups is 3. The molecule has 1 aliphatic carbocycles. The number of ether oxygens (including phenoxy) is 2. The molecule has 7 nitrogen and oxygen atoms in total. The Bertz CT molecular complexity index is 658. The number of aliphatic hydroxyl groups excluding tert-OH is 2. The first kappa shape index (κ1) is 27.8. The van der Waals surface area contributed by atoms with Gasteiger partial charge in [0, 0.05) is 25.2 Å². The SMILES string of the molecule is CCCCC[C@@H](/C=C/[C@H]1C=C(I)C(=O)[C@@H]1CC(O)C(O)CCCC(=O)OC)OC(C)=O. The molecule has 0 saturated heterocycles. The molecule has 0 amide bonds. The Morgan fingerprint density at radius 3 is 2.52 bits per heavy atom. The van der Waals surface area contributed by atoms with Crippen LogP contribution in [-0.4, -0.2) is 53.4 Å². The zero-order valence-corrected chi connectivity index (χ0v) is 20.7. The van der Waals surface area contributed by atoms with Crippen LogP contribution < -0.4 is 0 Å². The fourth-order valence-electron chi connectivity index (χ4n) is 3.60. The molecule has 0 aliphatic heterocycles. The lowest BCUT2D eigenvalue weighted by atomic mass is 9.86. The Kier molecular flexibility index (Phi) is 13.2. The number of rotatable bonds is 14. The first-order valence-corrected chi connectivity index (χ1v) is 12.0. The quantitative estimate of drug-likeness (QED) is 0.147. The van der Waals surface area contributed by atoms with Crippen molar-refractivity contribution in [3.8, 4) is 0 Å². The summed E-state index contributed by atoms with van der Waals surface area (Å²) in [6.45, 7) is 3.48. The second-order valence-electron chi connectivity index (χ2n) is 7.93. The molecule has 176 valence electrons. The minimum absolute atomic E-state index is 0.0638. The normalized spacial score (nSPS) is 21.6. The van der Waals surface area contributed by atoms with Crippen LogP contribution in [0.2, 0.25) is 0 Å². The fourth-order valence-corrected chi connectivity index (χ4v) is 4.41. The summed E-state index contributed by atoms with van der Waals surface area (Å²) in [7, 11) is 1.30. The van der Waals surface area contributed by atoms with Gasteiger partial charge in [-0.2, -0.15) is 0 Å². The van der Waals surface area contributed by atoms with Crippen LogP contribution in [0.4, 0.5) is 0 Å². The molecule has 0 aromatic rings. The fraction of sp³-hybridized carbons (Fsp3) is 0.696. The van der Waals surface area contributed by atoms with Crippen molar-refractivity contribution < 1.29 is 34.1 Å². The highest BCUT2D eigenvalue weighted by Gasteiger charge is 2.36. The van der Waals surface area contributed by atoms with Crippen LogP contribution in [-0.2, 0) is 23.9 Å². The van der Waals surface area contributed by atoms with E-state index >= 15 is 0 Å².